The number of aryl methyl sites for hydroxylation is 1. The van der Waals surface area contributed by atoms with Crippen molar-refractivity contribution in [3.05, 3.63) is 29.6 Å². The Morgan fingerprint density at radius 2 is 2.41 bits per heavy atom. The van der Waals surface area contributed by atoms with Gasteiger partial charge in [0.2, 0.25) is 0 Å². The van der Waals surface area contributed by atoms with Gasteiger partial charge in [0.25, 0.3) is 5.91 Å². The Hall–Kier alpha value is -1.42. The molecule has 1 amide bonds. The summed E-state index contributed by atoms with van der Waals surface area (Å²) in [6.45, 7) is 4.26. The first-order chi connectivity index (χ1) is 8.20. The van der Waals surface area contributed by atoms with E-state index in [1.165, 1.54) is 0 Å². The van der Waals surface area contributed by atoms with Crippen LogP contribution in [0.1, 0.15) is 29.0 Å². The molecule has 1 unspecified atom stereocenters. The molecule has 1 atom stereocenters. The van der Waals surface area contributed by atoms with E-state index >= 15 is 0 Å². The van der Waals surface area contributed by atoms with Crippen LogP contribution in [0, 0.1) is 12.8 Å². The van der Waals surface area contributed by atoms with Crippen molar-refractivity contribution in [2.45, 2.75) is 19.8 Å². The fourth-order valence-corrected chi connectivity index (χ4v) is 2.31. The lowest BCUT2D eigenvalue weighted by molar-refractivity contribution is 0.0780. The molecule has 0 aromatic carbocycles. The van der Waals surface area contributed by atoms with E-state index in [1.54, 1.807) is 6.07 Å². The zero-order valence-corrected chi connectivity index (χ0v) is 10.2. The van der Waals surface area contributed by atoms with Crippen LogP contribution in [-0.2, 0) is 0 Å². The number of likely N-dealkylation sites (tertiary alicyclic amines) is 1. The highest BCUT2D eigenvalue weighted by Crippen LogP contribution is 2.20. The predicted octanol–water partition coefficient (Wildman–Crippen LogP) is 1.20. The van der Waals surface area contributed by atoms with Gasteiger partial charge in [-0.15, -0.1) is 0 Å². The topological polar surface area (TPSA) is 59.2 Å². The van der Waals surface area contributed by atoms with Crippen molar-refractivity contribution in [3.63, 3.8) is 0 Å². The fraction of sp³-hybridized carbons (Fsp3) is 0.538. The molecule has 1 aromatic heterocycles. The van der Waals surface area contributed by atoms with E-state index in [1.807, 2.05) is 24.0 Å². The van der Waals surface area contributed by atoms with Crippen LogP contribution in [0.4, 0.5) is 0 Å². The highest BCUT2D eigenvalue weighted by atomic mass is 16.2. The molecule has 0 aliphatic carbocycles. The second-order valence-corrected chi connectivity index (χ2v) is 4.65. The maximum Gasteiger partial charge on any atom is 0.272 e. The number of carbonyl (C=O) groups excluding carboxylic acids is 1. The number of nitrogens with zero attached hydrogens (tertiary/aromatic N) is 2. The summed E-state index contributed by atoms with van der Waals surface area (Å²) >= 11 is 0. The van der Waals surface area contributed by atoms with Gasteiger partial charge in [-0.25, -0.2) is 4.98 Å². The van der Waals surface area contributed by atoms with Crippen LogP contribution in [0.2, 0.25) is 0 Å². The monoisotopic (exact) mass is 233 g/mol. The Morgan fingerprint density at radius 3 is 3.12 bits per heavy atom. The van der Waals surface area contributed by atoms with E-state index in [9.17, 15) is 4.79 Å². The molecule has 17 heavy (non-hydrogen) atoms. The van der Waals surface area contributed by atoms with Crippen LogP contribution in [-0.4, -0.2) is 35.4 Å². The molecule has 1 aliphatic heterocycles. The van der Waals surface area contributed by atoms with Crippen LogP contribution < -0.4 is 5.73 Å². The molecule has 2 N–H and O–H groups in total. The quantitative estimate of drug-likeness (QED) is 0.853. The van der Waals surface area contributed by atoms with Gasteiger partial charge in [-0.05, 0) is 44.4 Å². The van der Waals surface area contributed by atoms with Crippen molar-refractivity contribution >= 4 is 5.91 Å². The molecule has 1 aromatic rings. The average molecular weight is 233 g/mol. The number of amides is 1. The average Bonchev–Trinajstić information content (AvgIpc) is 2.77. The third-order valence-corrected chi connectivity index (χ3v) is 3.26. The number of rotatable bonds is 3. The SMILES string of the molecule is Cc1cccc(C(=O)N2CCC(CCN)C2)n1. The van der Waals surface area contributed by atoms with Gasteiger partial charge in [0.15, 0.2) is 0 Å². The van der Waals surface area contributed by atoms with Crippen molar-refractivity contribution in [1.82, 2.24) is 9.88 Å². The number of nitrogens with two attached hydrogens (primary N) is 1. The number of aromatic nitrogens is 1. The first-order valence-corrected chi connectivity index (χ1v) is 6.13. The third-order valence-electron chi connectivity index (χ3n) is 3.26. The number of hydrogen-bond acceptors (Lipinski definition) is 3. The van der Waals surface area contributed by atoms with Gasteiger partial charge in [-0.1, -0.05) is 6.07 Å². The Labute approximate surface area is 102 Å². The van der Waals surface area contributed by atoms with Crippen molar-refractivity contribution in [2.24, 2.45) is 11.7 Å². The van der Waals surface area contributed by atoms with E-state index < -0.39 is 0 Å². The Bertz CT molecular complexity index is 405. The largest absolute Gasteiger partial charge is 0.337 e. The summed E-state index contributed by atoms with van der Waals surface area (Å²) in [5.41, 5.74) is 6.98. The van der Waals surface area contributed by atoms with Crippen LogP contribution in [0.15, 0.2) is 18.2 Å². The Balaban J connectivity index is 2.02. The van der Waals surface area contributed by atoms with Gasteiger partial charge in [0, 0.05) is 18.8 Å². The van der Waals surface area contributed by atoms with Crippen LogP contribution in [0.5, 0.6) is 0 Å². The molecule has 0 saturated carbocycles. The first kappa shape index (κ1) is 12.0. The standard InChI is InChI=1S/C13H19N3O/c1-10-3-2-4-12(15-10)13(17)16-8-6-11(9-16)5-7-14/h2-4,11H,5-9,14H2,1H3. The summed E-state index contributed by atoms with van der Waals surface area (Å²) in [5, 5.41) is 0. The molecule has 2 heterocycles. The molecule has 4 nitrogen and oxygen atoms in total. The molecular weight excluding hydrogens is 214 g/mol. The van der Waals surface area contributed by atoms with E-state index in [0.29, 0.717) is 18.2 Å². The smallest absolute Gasteiger partial charge is 0.272 e. The zero-order chi connectivity index (χ0) is 12.3. The molecule has 0 radical (unpaired) electrons. The van der Waals surface area contributed by atoms with Crippen molar-refractivity contribution < 1.29 is 4.79 Å². The molecule has 0 spiro atoms. The number of hydrogen-bond donors (Lipinski definition) is 1. The molecule has 0 bridgehead atoms. The molecule has 2 rings (SSSR count). The van der Waals surface area contributed by atoms with Crippen molar-refractivity contribution in [1.29, 1.82) is 0 Å². The molecule has 1 fully saturated rings. The minimum absolute atomic E-state index is 0.0493. The summed E-state index contributed by atoms with van der Waals surface area (Å²) < 4.78 is 0. The van der Waals surface area contributed by atoms with Crippen molar-refractivity contribution in [3.8, 4) is 0 Å². The van der Waals surface area contributed by atoms with Crippen molar-refractivity contribution in [2.75, 3.05) is 19.6 Å². The van der Waals surface area contributed by atoms with Crippen LogP contribution in [0.25, 0.3) is 0 Å². The predicted molar refractivity (Wildman–Crippen MR) is 66.7 cm³/mol. The summed E-state index contributed by atoms with van der Waals surface area (Å²) in [7, 11) is 0. The molecule has 92 valence electrons. The lowest BCUT2D eigenvalue weighted by Crippen LogP contribution is -2.29. The summed E-state index contributed by atoms with van der Waals surface area (Å²) in [6, 6.07) is 5.56. The third kappa shape index (κ3) is 2.82. The lowest BCUT2D eigenvalue weighted by Gasteiger charge is -2.16. The van der Waals surface area contributed by atoms with Gasteiger partial charge < -0.3 is 10.6 Å². The van der Waals surface area contributed by atoms with E-state index in [2.05, 4.69) is 4.98 Å². The van der Waals surface area contributed by atoms with Crippen LogP contribution >= 0.6 is 0 Å². The minimum atomic E-state index is 0.0493. The normalized spacial score (nSPS) is 19.6. The van der Waals surface area contributed by atoms with Gasteiger partial charge in [-0.2, -0.15) is 0 Å². The van der Waals surface area contributed by atoms with E-state index in [-0.39, 0.29) is 5.91 Å². The van der Waals surface area contributed by atoms with Crippen LogP contribution in [0.3, 0.4) is 0 Å². The highest BCUT2D eigenvalue weighted by Gasteiger charge is 2.26. The highest BCUT2D eigenvalue weighted by molar-refractivity contribution is 5.92. The summed E-state index contributed by atoms with van der Waals surface area (Å²) in [6.07, 6.45) is 2.07. The molecule has 4 heteroatoms. The number of pyridine rings is 1. The minimum Gasteiger partial charge on any atom is -0.337 e. The second kappa shape index (κ2) is 5.27. The molecule has 1 saturated heterocycles. The fourth-order valence-electron chi connectivity index (χ4n) is 2.31. The van der Waals surface area contributed by atoms with E-state index in [0.717, 1.165) is 31.6 Å². The zero-order valence-electron chi connectivity index (χ0n) is 10.2. The molecular formula is C13H19N3O. The lowest BCUT2D eigenvalue weighted by atomic mass is 10.1. The van der Waals surface area contributed by atoms with Gasteiger partial charge in [0.1, 0.15) is 5.69 Å². The van der Waals surface area contributed by atoms with Gasteiger partial charge >= 0.3 is 0 Å². The first-order valence-electron chi connectivity index (χ1n) is 6.13. The van der Waals surface area contributed by atoms with E-state index in [4.69, 9.17) is 5.73 Å². The number of carbonyl (C=O) groups is 1. The Kier molecular flexibility index (Phi) is 3.74. The maximum absolute atomic E-state index is 12.2. The van der Waals surface area contributed by atoms with Gasteiger partial charge in [-0.3, -0.25) is 4.79 Å². The van der Waals surface area contributed by atoms with Gasteiger partial charge in [0.05, 0.1) is 0 Å². The second-order valence-electron chi connectivity index (χ2n) is 4.65. The summed E-state index contributed by atoms with van der Waals surface area (Å²) in [4.78, 5) is 18.3. The maximum atomic E-state index is 12.2. The summed E-state index contributed by atoms with van der Waals surface area (Å²) in [5.74, 6) is 0.613. The Morgan fingerprint density at radius 1 is 1.59 bits per heavy atom. The molecule has 1 aliphatic rings.